The second-order valence-corrected chi connectivity index (χ2v) is 7.64. The predicted octanol–water partition coefficient (Wildman–Crippen LogP) is 4.75. The maximum atomic E-state index is 11.9. The summed E-state index contributed by atoms with van der Waals surface area (Å²) in [7, 11) is 1.78. The third-order valence-corrected chi connectivity index (χ3v) is 3.98. The van der Waals surface area contributed by atoms with Crippen LogP contribution >= 0.6 is 15.9 Å². The Hall–Kier alpha value is -1.07. The molecular formula is C18H29BrN2O2. The first-order valence-corrected chi connectivity index (χ1v) is 8.95. The highest BCUT2D eigenvalue weighted by molar-refractivity contribution is 9.10. The fraction of sp³-hybridized carbons (Fsp3) is 0.611. The molecular weight excluding hydrogens is 356 g/mol. The molecule has 0 heterocycles. The van der Waals surface area contributed by atoms with E-state index in [0.29, 0.717) is 12.6 Å². The van der Waals surface area contributed by atoms with Gasteiger partial charge in [0.15, 0.2) is 0 Å². The van der Waals surface area contributed by atoms with Crippen LogP contribution in [0.4, 0.5) is 4.79 Å². The molecule has 4 nitrogen and oxygen atoms in total. The highest BCUT2D eigenvalue weighted by Crippen LogP contribution is 2.19. The molecule has 0 spiro atoms. The second-order valence-electron chi connectivity index (χ2n) is 6.72. The summed E-state index contributed by atoms with van der Waals surface area (Å²) in [6, 6.07) is 8.75. The van der Waals surface area contributed by atoms with Crippen molar-refractivity contribution in [2.75, 3.05) is 20.1 Å². The number of hydrogen-bond acceptors (Lipinski definition) is 3. The van der Waals surface area contributed by atoms with Crippen molar-refractivity contribution < 1.29 is 9.53 Å². The minimum Gasteiger partial charge on any atom is -0.444 e. The normalized spacial score (nSPS) is 12.8. The maximum absolute atomic E-state index is 11.9. The molecule has 1 unspecified atom stereocenters. The van der Waals surface area contributed by atoms with Gasteiger partial charge in [-0.05, 0) is 57.9 Å². The van der Waals surface area contributed by atoms with Gasteiger partial charge in [-0.25, -0.2) is 4.79 Å². The number of hydrogen-bond donors (Lipinski definition) is 1. The minimum absolute atomic E-state index is 0.266. The summed E-state index contributed by atoms with van der Waals surface area (Å²) in [6.07, 6.45) is 1.66. The van der Waals surface area contributed by atoms with Gasteiger partial charge in [0, 0.05) is 24.1 Å². The van der Waals surface area contributed by atoms with Crippen molar-refractivity contribution in [3.63, 3.8) is 0 Å². The molecule has 130 valence electrons. The van der Waals surface area contributed by atoms with Crippen LogP contribution in [-0.4, -0.2) is 36.7 Å². The van der Waals surface area contributed by atoms with Crippen molar-refractivity contribution in [2.45, 2.75) is 52.2 Å². The number of benzene rings is 1. The molecule has 1 aromatic carbocycles. The van der Waals surface area contributed by atoms with E-state index in [1.54, 1.807) is 11.9 Å². The number of rotatable bonds is 7. The van der Waals surface area contributed by atoms with Crippen LogP contribution in [0.15, 0.2) is 28.7 Å². The van der Waals surface area contributed by atoms with E-state index in [2.05, 4.69) is 52.4 Å². The molecule has 0 bridgehead atoms. The van der Waals surface area contributed by atoms with Crippen molar-refractivity contribution >= 4 is 22.0 Å². The quantitative estimate of drug-likeness (QED) is 0.689. The number of nitrogens with zero attached hydrogens (tertiary/aromatic N) is 1. The van der Waals surface area contributed by atoms with E-state index in [-0.39, 0.29) is 6.09 Å². The third-order valence-electron chi connectivity index (χ3n) is 3.45. The Kier molecular flexibility index (Phi) is 8.06. The van der Waals surface area contributed by atoms with Gasteiger partial charge < -0.3 is 15.0 Å². The lowest BCUT2D eigenvalue weighted by Gasteiger charge is -2.25. The van der Waals surface area contributed by atoms with Crippen LogP contribution < -0.4 is 5.32 Å². The molecule has 5 heteroatoms. The van der Waals surface area contributed by atoms with Crippen LogP contribution in [0.5, 0.6) is 0 Å². The van der Waals surface area contributed by atoms with Gasteiger partial charge in [0.2, 0.25) is 0 Å². The largest absolute Gasteiger partial charge is 0.444 e. The summed E-state index contributed by atoms with van der Waals surface area (Å²) in [5, 5.41) is 3.55. The number of halogens is 1. The van der Waals surface area contributed by atoms with Crippen molar-refractivity contribution in [1.29, 1.82) is 0 Å². The first kappa shape index (κ1) is 20.0. The molecule has 23 heavy (non-hydrogen) atoms. The van der Waals surface area contributed by atoms with Crippen LogP contribution in [0, 0.1) is 0 Å². The van der Waals surface area contributed by atoms with E-state index in [9.17, 15) is 4.79 Å². The van der Waals surface area contributed by atoms with E-state index < -0.39 is 5.60 Å². The Balaban J connectivity index is 2.35. The van der Waals surface area contributed by atoms with E-state index >= 15 is 0 Å². The number of amides is 1. The van der Waals surface area contributed by atoms with Gasteiger partial charge in [-0.15, -0.1) is 0 Å². The molecule has 0 fully saturated rings. The molecule has 1 N–H and O–H groups in total. The van der Waals surface area contributed by atoms with E-state index in [0.717, 1.165) is 23.9 Å². The minimum atomic E-state index is -0.446. The predicted molar refractivity (Wildman–Crippen MR) is 98.7 cm³/mol. The van der Waals surface area contributed by atoms with Gasteiger partial charge in [0.05, 0.1) is 0 Å². The Morgan fingerprint density at radius 1 is 1.30 bits per heavy atom. The van der Waals surface area contributed by atoms with Crippen LogP contribution in [0.1, 0.15) is 52.1 Å². The zero-order valence-corrected chi connectivity index (χ0v) is 16.4. The lowest BCUT2D eigenvalue weighted by atomic mass is 10.0. The summed E-state index contributed by atoms with van der Waals surface area (Å²) in [5.74, 6) is 0. The van der Waals surface area contributed by atoms with Crippen LogP contribution in [-0.2, 0) is 4.74 Å². The molecule has 0 saturated carbocycles. The lowest BCUT2D eigenvalue weighted by Crippen LogP contribution is -2.35. The van der Waals surface area contributed by atoms with E-state index in [4.69, 9.17) is 4.74 Å². The zero-order valence-electron chi connectivity index (χ0n) is 14.9. The molecule has 0 aliphatic heterocycles. The molecule has 1 aromatic rings. The van der Waals surface area contributed by atoms with Crippen LogP contribution in [0.3, 0.4) is 0 Å². The first-order chi connectivity index (χ1) is 10.7. The van der Waals surface area contributed by atoms with Gasteiger partial charge in [0.25, 0.3) is 0 Å². The average molecular weight is 385 g/mol. The smallest absolute Gasteiger partial charge is 0.410 e. The number of nitrogens with one attached hydrogen (secondary N) is 1. The van der Waals surface area contributed by atoms with Crippen molar-refractivity contribution in [3.8, 4) is 0 Å². The summed E-state index contributed by atoms with van der Waals surface area (Å²) in [6.45, 7) is 9.35. The van der Waals surface area contributed by atoms with Gasteiger partial charge >= 0.3 is 6.09 Å². The van der Waals surface area contributed by atoms with Crippen molar-refractivity contribution in [3.05, 3.63) is 34.3 Å². The molecule has 0 aromatic heterocycles. The molecule has 1 atom stereocenters. The number of ether oxygens (including phenoxy) is 1. The maximum Gasteiger partial charge on any atom is 0.410 e. The second kappa shape index (κ2) is 9.28. The van der Waals surface area contributed by atoms with E-state index in [1.807, 2.05) is 20.8 Å². The Labute approximate surface area is 148 Å². The Morgan fingerprint density at radius 3 is 2.43 bits per heavy atom. The van der Waals surface area contributed by atoms with Gasteiger partial charge in [-0.2, -0.15) is 0 Å². The number of carbonyl (C=O) groups is 1. The topological polar surface area (TPSA) is 41.6 Å². The van der Waals surface area contributed by atoms with Gasteiger partial charge in [-0.1, -0.05) is 35.0 Å². The molecule has 0 saturated heterocycles. The van der Waals surface area contributed by atoms with Crippen molar-refractivity contribution in [1.82, 2.24) is 10.2 Å². The first-order valence-electron chi connectivity index (χ1n) is 8.16. The summed E-state index contributed by atoms with van der Waals surface area (Å²) >= 11 is 3.46. The summed E-state index contributed by atoms with van der Waals surface area (Å²) in [5.41, 5.74) is 0.842. The highest BCUT2D eigenvalue weighted by Gasteiger charge is 2.19. The Bertz CT molecular complexity index is 483. The lowest BCUT2D eigenvalue weighted by molar-refractivity contribution is 0.0297. The van der Waals surface area contributed by atoms with Gasteiger partial charge in [-0.3, -0.25) is 0 Å². The van der Waals surface area contributed by atoms with Crippen LogP contribution in [0.25, 0.3) is 0 Å². The molecule has 1 rings (SSSR count). The number of carbonyl (C=O) groups excluding carboxylic acids is 1. The summed E-state index contributed by atoms with van der Waals surface area (Å²) < 4.78 is 6.43. The molecule has 0 aliphatic carbocycles. The zero-order chi connectivity index (χ0) is 17.5. The van der Waals surface area contributed by atoms with Crippen LogP contribution in [0.2, 0.25) is 0 Å². The van der Waals surface area contributed by atoms with Crippen molar-refractivity contribution in [2.24, 2.45) is 0 Å². The molecule has 1 amide bonds. The Morgan fingerprint density at radius 2 is 1.91 bits per heavy atom. The SMILES string of the molecule is CCC(NCCCN(C)C(=O)OC(C)(C)C)c1ccc(Br)cc1. The van der Waals surface area contributed by atoms with E-state index in [1.165, 1.54) is 5.56 Å². The monoisotopic (exact) mass is 384 g/mol. The molecule has 0 aliphatic rings. The fourth-order valence-corrected chi connectivity index (χ4v) is 2.48. The average Bonchev–Trinajstić information content (AvgIpc) is 2.46. The third kappa shape index (κ3) is 7.84. The molecule has 0 radical (unpaired) electrons. The standard InChI is InChI=1S/C18H29BrN2O2/c1-6-16(14-8-10-15(19)11-9-14)20-12-7-13-21(5)17(22)23-18(2,3)4/h8-11,16,20H,6-7,12-13H2,1-5H3. The van der Waals surface area contributed by atoms with Gasteiger partial charge in [0.1, 0.15) is 5.60 Å². The summed E-state index contributed by atoms with van der Waals surface area (Å²) in [4.78, 5) is 13.5. The highest BCUT2D eigenvalue weighted by atomic mass is 79.9. The fourth-order valence-electron chi connectivity index (χ4n) is 2.22.